The highest BCUT2D eigenvalue weighted by molar-refractivity contribution is 14.1. The predicted molar refractivity (Wildman–Crippen MR) is 130 cm³/mol. The van der Waals surface area contributed by atoms with Gasteiger partial charge in [0.25, 0.3) is 5.91 Å². The average Bonchev–Trinajstić information content (AvgIpc) is 2.72. The molecule has 0 aliphatic rings. The number of rotatable bonds is 12. The van der Waals surface area contributed by atoms with Crippen molar-refractivity contribution in [1.82, 2.24) is 5.32 Å². The van der Waals surface area contributed by atoms with Crippen LogP contribution < -0.4 is 16.0 Å². The Balaban J connectivity index is 2.04. The minimum absolute atomic E-state index is 0.110. The number of anilines is 2. The van der Waals surface area contributed by atoms with Crippen molar-refractivity contribution >= 4 is 55.4 Å². The first-order valence-electron chi connectivity index (χ1n) is 9.02. The molecule has 0 heterocycles. The molecule has 0 aliphatic heterocycles. The Morgan fingerprint density at radius 2 is 2.04 bits per heavy atom. The summed E-state index contributed by atoms with van der Waals surface area (Å²) in [6.45, 7) is 5.61. The number of carbonyl (C=O) groups excluding carboxylic acids is 1. The normalized spacial score (nSPS) is 10.2. The fourth-order valence-electron chi connectivity index (χ4n) is 2.53. The molecule has 0 aliphatic carbocycles. The molecule has 0 unspecified atom stereocenters. The van der Waals surface area contributed by atoms with Gasteiger partial charge in [-0.05, 0) is 30.1 Å². The summed E-state index contributed by atoms with van der Waals surface area (Å²) in [5.41, 5.74) is 3.38. The van der Waals surface area contributed by atoms with E-state index in [-0.39, 0.29) is 5.91 Å². The van der Waals surface area contributed by atoms with Crippen LogP contribution in [0, 0.1) is 0 Å². The van der Waals surface area contributed by atoms with Crippen LogP contribution >= 0.6 is 34.3 Å². The van der Waals surface area contributed by atoms with Crippen molar-refractivity contribution in [2.75, 3.05) is 30.8 Å². The molecule has 0 aromatic heterocycles. The molecule has 5 nitrogen and oxygen atoms in total. The third-order valence-electron chi connectivity index (χ3n) is 3.90. The zero-order valence-electron chi connectivity index (χ0n) is 15.9. The second-order valence-corrected chi connectivity index (χ2v) is 9.43. The van der Waals surface area contributed by atoms with Crippen LogP contribution in [0.4, 0.5) is 11.4 Å². The Kier molecular flexibility index (Phi) is 10.3. The van der Waals surface area contributed by atoms with Gasteiger partial charge in [-0.2, -0.15) is 0 Å². The summed E-state index contributed by atoms with van der Waals surface area (Å²) in [6, 6.07) is 15.7. The minimum Gasteiger partial charge on any atom is -0.386 e. The van der Waals surface area contributed by atoms with Crippen molar-refractivity contribution in [2.24, 2.45) is 0 Å². The highest BCUT2D eigenvalue weighted by Gasteiger charge is 2.13. The molecule has 8 heteroatoms. The SMILES string of the molecule is C=CCNc1ccc(NCCB(I)SOC)cc1C(=O)NCc1ccccc1. The summed E-state index contributed by atoms with van der Waals surface area (Å²) < 4.78 is 5.46. The van der Waals surface area contributed by atoms with Crippen LogP contribution in [0.25, 0.3) is 0 Å². The Bertz CT molecular complexity index is 764. The lowest BCUT2D eigenvalue weighted by Gasteiger charge is -2.14. The molecule has 0 bridgehead atoms. The van der Waals surface area contributed by atoms with Gasteiger partial charge >= 0.3 is 3.85 Å². The zero-order valence-corrected chi connectivity index (χ0v) is 18.9. The van der Waals surface area contributed by atoms with E-state index in [0.29, 0.717) is 22.5 Å². The lowest BCUT2D eigenvalue weighted by atomic mass is 10.0. The molecule has 2 aromatic carbocycles. The van der Waals surface area contributed by atoms with E-state index in [4.69, 9.17) is 4.18 Å². The molecular formula is C20H25BIN3O2S. The van der Waals surface area contributed by atoms with Gasteiger partial charge in [0, 0.05) is 38.1 Å². The van der Waals surface area contributed by atoms with Gasteiger partial charge in [0.15, 0.2) is 0 Å². The molecule has 0 fully saturated rings. The van der Waals surface area contributed by atoms with Gasteiger partial charge in [0.2, 0.25) is 0 Å². The minimum atomic E-state index is -0.110. The van der Waals surface area contributed by atoms with Crippen molar-refractivity contribution in [3.8, 4) is 0 Å². The van der Waals surface area contributed by atoms with E-state index in [0.717, 1.165) is 29.8 Å². The summed E-state index contributed by atoms with van der Waals surface area (Å²) in [4.78, 5) is 12.8. The molecule has 0 saturated carbocycles. The third-order valence-corrected chi connectivity index (χ3v) is 5.78. The molecule has 0 radical (unpaired) electrons. The van der Waals surface area contributed by atoms with Crippen molar-refractivity contribution in [2.45, 2.75) is 12.9 Å². The van der Waals surface area contributed by atoms with E-state index in [9.17, 15) is 4.79 Å². The number of nitrogens with one attached hydrogen (secondary N) is 3. The molecular weight excluding hydrogens is 484 g/mol. The first-order valence-corrected chi connectivity index (χ1v) is 11.1. The number of carbonyl (C=O) groups is 1. The fraction of sp³-hybridized carbons (Fsp3) is 0.250. The quantitative estimate of drug-likeness (QED) is 0.166. The highest BCUT2D eigenvalue weighted by atomic mass is 127. The van der Waals surface area contributed by atoms with E-state index in [1.165, 1.54) is 11.9 Å². The van der Waals surface area contributed by atoms with Crippen molar-refractivity contribution in [3.05, 3.63) is 72.3 Å². The lowest BCUT2D eigenvalue weighted by Crippen LogP contribution is -2.24. The summed E-state index contributed by atoms with van der Waals surface area (Å²) in [5, 5.41) is 9.61. The van der Waals surface area contributed by atoms with Gasteiger partial charge in [0.1, 0.15) is 0 Å². The van der Waals surface area contributed by atoms with Crippen molar-refractivity contribution in [3.63, 3.8) is 0 Å². The second-order valence-electron chi connectivity index (χ2n) is 5.99. The first kappa shape index (κ1) is 22.6. The van der Waals surface area contributed by atoms with Gasteiger partial charge < -0.3 is 20.1 Å². The van der Waals surface area contributed by atoms with Gasteiger partial charge in [-0.15, -0.1) is 29.0 Å². The molecule has 2 rings (SSSR count). The summed E-state index contributed by atoms with van der Waals surface area (Å²) in [5.74, 6) is -0.110. The second kappa shape index (κ2) is 12.7. The van der Waals surface area contributed by atoms with E-state index in [2.05, 4.69) is 44.9 Å². The zero-order chi connectivity index (χ0) is 20.2. The molecule has 2 aromatic rings. The maximum Gasteiger partial charge on any atom is 0.318 e. The summed E-state index contributed by atoms with van der Waals surface area (Å²) in [7, 11) is 1.68. The van der Waals surface area contributed by atoms with E-state index < -0.39 is 0 Å². The third kappa shape index (κ3) is 7.77. The van der Waals surface area contributed by atoms with Crippen LogP contribution in [0.2, 0.25) is 6.32 Å². The average molecular weight is 509 g/mol. The van der Waals surface area contributed by atoms with Crippen LogP contribution in [-0.4, -0.2) is 30.0 Å². The fourth-order valence-corrected chi connectivity index (χ4v) is 3.89. The number of halogens is 1. The first-order chi connectivity index (χ1) is 13.6. The number of amides is 1. The van der Waals surface area contributed by atoms with Crippen LogP contribution in [0.5, 0.6) is 0 Å². The smallest absolute Gasteiger partial charge is 0.318 e. The number of benzene rings is 2. The van der Waals surface area contributed by atoms with Gasteiger partial charge in [-0.1, -0.05) is 48.3 Å². The topological polar surface area (TPSA) is 62.4 Å². The Labute approximate surface area is 185 Å². The van der Waals surface area contributed by atoms with Crippen LogP contribution in [0.3, 0.4) is 0 Å². The molecule has 0 saturated heterocycles. The molecule has 3 N–H and O–H groups in total. The van der Waals surface area contributed by atoms with Gasteiger partial charge in [0.05, 0.1) is 5.56 Å². The van der Waals surface area contributed by atoms with Crippen molar-refractivity contribution < 1.29 is 8.98 Å². The largest absolute Gasteiger partial charge is 0.386 e. The molecule has 0 atom stereocenters. The maximum absolute atomic E-state index is 12.8. The van der Waals surface area contributed by atoms with Crippen LogP contribution in [0.1, 0.15) is 15.9 Å². The van der Waals surface area contributed by atoms with Crippen LogP contribution in [-0.2, 0) is 10.7 Å². The monoisotopic (exact) mass is 509 g/mol. The van der Waals surface area contributed by atoms with Gasteiger partial charge in [-0.25, -0.2) is 0 Å². The van der Waals surface area contributed by atoms with Gasteiger partial charge in [-0.3, -0.25) is 4.79 Å². The number of hydrogen-bond donors (Lipinski definition) is 3. The Morgan fingerprint density at radius 1 is 1.25 bits per heavy atom. The standard InChI is InChI=1S/C20H25BIN3O2S/c1-3-12-24-19-10-9-17(23-13-11-21(22)28-27-2)14-18(19)20(26)25-15-16-7-5-4-6-8-16/h3-10,14,23-24H,1,11-13,15H2,2H3,(H,25,26). The Hall–Kier alpha value is -1.65. The van der Waals surface area contributed by atoms with E-state index in [1.807, 2.05) is 48.5 Å². The highest BCUT2D eigenvalue weighted by Crippen LogP contribution is 2.22. The maximum atomic E-state index is 12.8. The lowest BCUT2D eigenvalue weighted by molar-refractivity contribution is 0.0951. The van der Waals surface area contributed by atoms with Crippen molar-refractivity contribution in [1.29, 1.82) is 0 Å². The number of hydrogen-bond acceptors (Lipinski definition) is 5. The summed E-state index contributed by atoms with van der Waals surface area (Å²) >= 11 is 3.81. The Morgan fingerprint density at radius 3 is 2.75 bits per heavy atom. The summed E-state index contributed by atoms with van der Waals surface area (Å²) in [6.07, 6.45) is 2.72. The van der Waals surface area contributed by atoms with E-state index >= 15 is 0 Å². The molecule has 0 spiro atoms. The molecule has 28 heavy (non-hydrogen) atoms. The molecule has 1 amide bonds. The van der Waals surface area contributed by atoms with E-state index in [1.54, 1.807) is 13.2 Å². The molecule has 148 valence electrons. The van der Waals surface area contributed by atoms with Crippen LogP contribution in [0.15, 0.2) is 61.2 Å². The predicted octanol–water partition coefficient (Wildman–Crippen LogP) is 4.84.